The van der Waals surface area contributed by atoms with Crippen LogP contribution < -0.4 is 5.32 Å². The molecule has 4 rings (SSSR count). The second kappa shape index (κ2) is 11.7. The van der Waals surface area contributed by atoms with E-state index in [1.54, 1.807) is 12.1 Å². The van der Waals surface area contributed by atoms with E-state index in [0.717, 1.165) is 43.8 Å². The highest BCUT2D eigenvalue weighted by Gasteiger charge is 2.19. The standard InChI is InChI=1S/C23H24ClFN2O.2ClH/c24-21-14-18(6-8-22(21)25)23-9-7-20(28-23)15-26-19-10-12-27(13-11-19)16-17-4-2-1-3-5-17;;/h1-9,14,19,26H,10-13,15-16H2;2*1H. The average Bonchev–Trinajstić information content (AvgIpc) is 3.19. The van der Waals surface area contributed by atoms with Gasteiger partial charge >= 0.3 is 0 Å². The topological polar surface area (TPSA) is 28.4 Å². The zero-order valence-electron chi connectivity index (χ0n) is 16.5. The van der Waals surface area contributed by atoms with Crippen molar-refractivity contribution >= 4 is 36.4 Å². The van der Waals surface area contributed by atoms with E-state index in [2.05, 4.69) is 40.5 Å². The fourth-order valence-electron chi connectivity index (χ4n) is 3.66. The van der Waals surface area contributed by atoms with Gasteiger partial charge in [0.1, 0.15) is 17.3 Å². The first-order valence-electron chi connectivity index (χ1n) is 9.71. The lowest BCUT2D eigenvalue weighted by molar-refractivity contribution is 0.189. The van der Waals surface area contributed by atoms with Crippen molar-refractivity contribution in [2.24, 2.45) is 0 Å². The van der Waals surface area contributed by atoms with Crippen LogP contribution in [0.5, 0.6) is 0 Å². The minimum absolute atomic E-state index is 0. The lowest BCUT2D eigenvalue weighted by atomic mass is 10.0. The number of piperidine rings is 1. The van der Waals surface area contributed by atoms with Crippen LogP contribution in [0.1, 0.15) is 24.2 Å². The molecule has 2 heterocycles. The minimum atomic E-state index is -0.419. The molecular formula is C23H26Cl3FN2O. The third-order valence-electron chi connectivity index (χ3n) is 5.27. The Hall–Kier alpha value is -1.56. The molecule has 0 spiro atoms. The van der Waals surface area contributed by atoms with Crippen molar-refractivity contribution in [2.45, 2.75) is 32.0 Å². The maximum absolute atomic E-state index is 13.3. The van der Waals surface area contributed by atoms with Crippen molar-refractivity contribution in [3.05, 3.63) is 82.8 Å². The van der Waals surface area contributed by atoms with E-state index in [-0.39, 0.29) is 29.8 Å². The van der Waals surface area contributed by atoms with Crippen LogP contribution in [0.3, 0.4) is 0 Å². The fraction of sp³-hybridized carbons (Fsp3) is 0.304. The average molecular weight is 472 g/mol. The van der Waals surface area contributed by atoms with Crippen molar-refractivity contribution in [1.29, 1.82) is 0 Å². The molecule has 1 N–H and O–H groups in total. The summed E-state index contributed by atoms with van der Waals surface area (Å²) in [5, 5.41) is 3.71. The normalized spacial score (nSPS) is 14.7. The zero-order chi connectivity index (χ0) is 19.3. The molecule has 1 aliphatic heterocycles. The highest BCUT2D eigenvalue weighted by molar-refractivity contribution is 6.31. The summed E-state index contributed by atoms with van der Waals surface area (Å²) in [6, 6.07) is 19.6. The Balaban J connectivity index is 0.00000160. The van der Waals surface area contributed by atoms with Crippen LogP contribution in [0.2, 0.25) is 5.02 Å². The molecule has 30 heavy (non-hydrogen) atoms. The Morgan fingerprint density at radius 2 is 1.73 bits per heavy atom. The van der Waals surface area contributed by atoms with Gasteiger partial charge < -0.3 is 9.73 Å². The molecule has 1 aliphatic rings. The Labute approximate surface area is 194 Å². The quantitative estimate of drug-likeness (QED) is 0.455. The first kappa shape index (κ1) is 24.7. The van der Waals surface area contributed by atoms with E-state index in [1.807, 2.05) is 12.1 Å². The van der Waals surface area contributed by atoms with Gasteiger partial charge in [-0.05, 0) is 61.8 Å². The second-order valence-corrected chi connectivity index (χ2v) is 7.72. The molecule has 0 radical (unpaired) electrons. The summed E-state index contributed by atoms with van der Waals surface area (Å²) in [5.41, 5.74) is 2.16. The monoisotopic (exact) mass is 470 g/mol. The molecule has 3 nitrogen and oxygen atoms in total. The first-order valence-corrected chi connectivity index (χ1v) is 10.1. The van der Waals surface area contributed by atoms with Crippen LogP contribution >= 0.6 is 36.4 Å². The van der Waals surface area contributed by atoms with Crippen LogP contribution in [0.25, 0.3) is 11.3 Å². The Morgan fingerprint density at radius 1 is 1.00 bits per heavy atom. The van der Waals surface area contributed by atoms with Gasteiger partial charge in [-0.2, -0.15) is 0 Å². The van der Waals surface area contributed by atoms with Crippen molar-refractivity contribution in [1.82, 2.24) is 10.2 Å². The predicted molar refractivity (Wildman–Crippen MR) is 125 cm³/mol. The fourth-order valence-corrected chi connectivity index (χ4v) is 3.84. The van der Waals surface area contributed by atoms with Gasteiger partial charge in [-0.3, -0.25) is 4.90 Å². The van der Waals surface area contributed by atoms with Crippen LogP contribution in [-0.4, -0.2) is 24.0 Å². The Morgan fingerprint density at radius 3 is 2.43 bits per heavy atom. The number of likely N-dealkylation sites (tertiary alicyclic amines) is 1. The van der Waals surface area contributed by atoms with E-state index in [4.69, 9.17) is 16.0 Å². The number of halogens is 4. The highest BCUT2D eigenvalue weighted by atomic mass is 35.5. The SMILES string of the molecule is Cl.Cl.Fc1ccc(-c2ccc(CNC3CCN(Cc4ccccc4)CC3)o2)cc1Cl. The van der Waals surface area contributed by atoms with Gasteiger partial charge in [-0.15, -0.1) is 24.8 Å². The van der Waals surface area contributed by atoms with Crippen LogP contribution in [0.4, 0.5) is 4.39 Å². The lowest BCUT2D eigenvalue weighted by Gasteiger charge is -2.32. The third-order valence-corrected chi connectivity index (χ3v) is 5.56. The number of nitrogens with one attached hydrogen (secondary N) is 1. The minimum Gasteiger partial charge on any atom is -0.460 e. The van der Waals surface area contributed by atoms with Crippen LogP contribution in [0.15, 0.2) is 65.1 Å². The van der Waals surface area contributed by atoms with Crippen LogP contribution in [-0.2, 0) is 13.1 Å². The van der Waals surface area contributed by atoms with Gasteiger partial charge in [-0.25, -0.2) is 4.39 Å². The largest absolute Gasteiger partial charge is 0.460 e. The summed E-state index contributed by atoms with van der Waals surface area (Å²) in [5.74, 6) is 1.16. The summed E-state index contributed by atoms with van der Waals surface area (Å²) < 4.78 is 19.2. The van der Waals surface area contributed by atoms with E-state index in [0.29, 0.717) is 18.3 Å². The number of benzene rings is 2. The molecule has 0 atom stereocenters. The molecule has 1 fully saturated rings. The molecule has 0 saturated carbocycles. The number of hydrogen-bond acceptors (Lipinski definition) is 3. The van der Waals surface area contributed by atoms with Crippen molar-refractivity contribution in [2.75, 3.05) is 13.1 Å². The summed E-state index contributed by atoms with van der Waals surface area (Å²) in [4.78, 5) is 2.51. The Bertz CT molecular complexity index is 912. The maximum Gasteiger partial charge on any atom is 0.141 e. The molecular weight excluding hydrogens is 446 g/mol. The van der Waals surface area contributed by atoms with Gasteiger partial charge in [0, 0.05) is 18.2 Å². The smallest absolute Gasteiger partial charge is 0.141 e. The molecule has 0 unspecified atom stereocenters. The van der Waals surface area contributed by atoms with Gasteiger partial charge in [0.15, 0.2) is 0 Å². The summed E-state index contributed by atoms with van der Waals surface area (Å²) in [6.07, 6.45) is 2.27. The zero-order valence-corrected chi connectivity index (χ0v) is 18.9. The van der Waals surface area contributed by atoms with Crippen molar-refractivity contribution < 1.29 is 8.81 Å². The van der Waals surface area contributed by atoms with E-state index in [1.165, 1.54) is 11.6 Å². The summed E-state index contributed by atoms with van der Waals surface area (Å²) in [7, 11) is 0. The van der Waals surface area contributed by atoms with Crippen molar-refractivity contribution in [3.63, 3.8) is 0 Å². The lowest BCUT2D eigenvalue weighted by Crippen LogP contribution is -2.41. The molecule has 162 valence electrons. The predicted octanol–water partition coefficient (Wildman–Crippen LogP) is 6.34. The van der Waals surface area contributed by atoms with Crippen molar-refractivity contribution in [3.8, 4) is 11.3 Å². The molecule has 0 bridgehead atoms. The molecule has 7 heteroatoms. The van der Waals surface area contributed by atoms with E-state index >= 15 is 0 Å². The molecule has 0 amide bonds. The first-order chi connectivity index (χ1) is 13.7. The number of nitrogens with zero attached hydrogens (tertiary/aromatic N) is 1. The van der Waals surface area contributed by atoms with Gasteiger partial charge in [0.25, 0.3) is 0 Å². The molecule has 2 aromatic carbocycles. The summed E-state index contributed by atoms with van der Waals surface area (Å²) >= 11 is 5.86. The second-order valence-electron chi connectivity index (χ2n) is 7.31. The number of furan rings is 1. The molecule has 3 aromatic rings. The molecule has 1 aromatic heterocycles. The number of rotatable bonds is 6. The highest BCUT2D eigenvalue weighted by Crippen LogP contribution is 2.26. The van der Waals surface area contributed by atoms with E-state index in [9.17, 15) is 4.39 Å². The number of hydrogen-bond donors (Lipinski definition) is 1. The maximum atomic E-state index is 13.3. The molecule has 0 aliphatic carbocycles. The molecule has 1 saturated heterocycles. The van der Waals surface area contributed by atoms with Gasteiger partial charge in [0.05, 0.1) is 11.6 Å². The van der Waals surface area contributed by atoms with Crippen LogP contribution in [0, 0.1) is 5.82 Å². The Kier molecular flexibility index (Phi) is 9.66. The van der Waals surface area contributed by atoms with Gasteiger partial charge in [0.2, 0.25) is 0 Å². The van der Waals surface area contributed by atoms with Gasteiger partial charge in [-0.1, -0.05) is 41.9 Å². The van der Waals surface area contributed by atoms with E-state index < -0.39 is 5.82 Å². The summed E-state index contributed by atoms with van der Waals surface area (Å²) in [6.45, 7) is 3.92. The third kappa shape index (κ3) is 6.47.